The number of carbonyl (C=O) groups excluding carboxylic acids is 2. The molecule has 0 unspecified atom stereocenters. The molecule has 0 aliphatic carbocycles. The predicted molar refractivity (Wildman–Crippen MR) is 84.7 cm³/mol. The number of aryl methyl sites for hydroxylation is 1. The van der Waals surface area contributed by atoms with E-state index in [1.165, 1.54) is 17.5 Å². The normalized spacial score (nSPS) is 12.2. The molecule has 22 heavy (non-hydrogen) atoms. The summed E-state index contributed by atoms with van der Waals surface area (Å²) in [6, 6.07) is -0.614. The van der Waals surface area contributed by atoms with Gasteiger partial charge in [0, 0.05) is 24.8 Å². The molecular formula is C14H19N5O2S. The molecule has 0 aromatic carbocycles. The van der Waals surface area contributed by atoms with Crippen LogP contribution in [0.2, 0.25) is 0 Å². The van der Waals surface area contributed by atoms with Gasteiger partial charge in [0.05, 0.1) is 11.8 Å². The molecule has 2 aromatic rings. The largest absolute Gasteiger partial charge is 0.340 e. The van der Waals surface area contributed by atoms with Crippen molar-refractivity contribution in [3.8, 4) is 0 Å². The molecule has 8 heteroatoms. The lowest BCUT2D eigenvalue weighted by Crippen LogP contribution is -2.44. The van der Waals surface area contributed by atoms with E-state index < -0.39 is 6.04 Å². The highest BCUT2D eigenvalue weighted by atomic mass is 32.1. The summed E-state index contributed by atoms with van der Waals surface area (Å²) in [5.41, 5.74) is 0.429. The van der Waals surface area contributed by atoms with Crippen molar-refractivity contribution in [2.24, 2.45) is 13.0 Å². The van der Waals surface area contributed by atoms with E-state index in [0.717, 1.165) is 0 Å². The molecule has 0 fully saturated rings. The lowest BCUT2D eigenvalue weighted by Gasteiger charge is -2.19. The van der Waals surface area contributed by atoms with Crippen molar-refractivity contribution >= 4 is 28.3 Å². The quantitative estimate of drug-likeness (QED) is 0.847. The Balaban J connectivity index is 2.05. The lowest BCUT2D eigenvalue weighted by atomic mass is 10.0. The van der Waals surface area contributed by atoms with Gasteiger partial charge in [0.1, 0.15) is 6.04 Å². The number of thiazole rings is 1. The number of rotatable bonds is 6. The van der Waals surface area contributed by atoms with Crippen molar-refractivity contribution in [1.82, 2.24) is 20.1 Å². The second-order valence-corrected chi connectivity index (χ2v) is 6.28. The van der Waals surface area contributed by atoms with Crippen molar-refractivity contribution in [3.63, 3.8) is 0 Å². The molecule has 7 nitrogen and oxygen atoms in total. The number of aromatic nitrogens is 3. The number of anilines is 1. The number of carbonyl (C=O) groups is 2. The smallest absolute Gasteiger partial charge is 0.255 e. The molecule has 2 rings (SSSR count). The van der Waals surface area contributed by atoms with Gasteiger partial charge in [-0.2, -0.15) is 5.10 Å². The van der Waals surface area contributed by atoms with Gasteiger partial charge in [-0.1, -0.05) is 13.8 Å². The van der Waals surface area contributed by atoms with Gasteiger partial charge in [0.2, 0.25) is 5.91 Å². The Hall–Kier alpha value is -2.22. The number of nitrogens with one attached hydrogen (secondary N) is 2. The fraction of sp³-hybridized carbons (Fsp3) is 0.429. The maximum absolute atomic E-state index is 12.3. The van der Waals surface area contributed by atoms with Crippen LogP contribution in [0.1, 0.15) is 30.6 Å². The van der Waals surface area contributed by atoms with Crippen LogP contribution in [0.5, 0.6) is 0 Å². The Morgan fingerprint density at radius 2 is 2.18 bits per heavy atom. The third-order valence-electron chi connectivity index (χ3n) is 2.96. The molecule has 0 aliphatic rings. The Morgan fingerprint density at radius 3 is 2.73 bits per heavy atom. The fourth-order valence-corrected chi connectivity index (χ4v) is 2.49. The maximum Gasteiger partial charge on any atom is 0.255 e. The summed E-state index contributed by atoms with van der Waals surface area (Å²) in [4.78, 5) is 28.6. The molecule has 0 saturated heterocycles. The molecule has 118 valence electrons. The van der Waals surface area contributed by atoms with Crippen LogP contribution < -0.4 is 10.6 Å². The van der Waals surface area contributed by atoms with Crippen LogP contribution >= 0.6 is 11.3 Å². The van der Waals surface area contributed by atoms with Gasteiger partial charge in [0.25, 0.3) is 5.91 Å². The molecule has 1 atom stereocenters. The molecular weight excluding hydrogens is 302 g/mol. The van der Waals surface area contributed by atoms with Crippen LogP contribution in [0.3, 0.4) is 0 Å². The van der Waals surface area contributed by atoms with Crippen molar-refractivity contribution in [3.05, 3.63) is 29.5 Å². The molecule has 2 heterocycles. The predicted octanol–water partition coefficient (Wildman–Crippen LogP) is 1.66. The Kier molecular flexibility index (Phi) is 5.26. The van der Waals surface area contributed by atoms with Gasteiger partial charge in [-0.15, -0.1) is 11.3 Å². The van der Waals surface area contributed by atoms with Crippen LogP contribution in [0, 0.1) is 5.92 Å². The molecule has 0 bridgehead atoms. The molecule has 2 aromatic heterocycles. The molecule has 0 radical (unpaired) electrons. The average molecular weight is 321 g/mol. The van der Waals surface area contributed by atoms with E-state index in [1.807, 2.05) is 13.8 Å². The van der Waals surface area contributed by atoms with Crippen molar-refractivity contribution in [2.45, 2.75) is 26.3 Å². The molecule has 0 saturated carbocycles. The van der Waals surface area contributed by atoms with E-state index in [9.17, 15) is 9.59 Å². The van der Waals surface area contributed by atoms with Crippen molar-refractivity contribution in [1.29, 1.82) is 0 Å². The van der Waals surface area contributed by atoms with Gasteiger partial charge < -0.3 is 10.6 Å². The zero-order chi connectivity index (χ0) is 16.1. The van der Waals surface area contributed by atoms with Crippen molar-refractivity contribution in [2.75, 3.05) is 5.32 Å². The highest BCUT2D eigenvalue weighted by Gasteiger charge is 2.23. The number of amides is 2. The zero-order valence-corrected chi connectivity index (χ0v) is 13.6. The van der Waals surface area contributed by atoms with Crippen LogP contribution in [0.15, 0.2) is 24.0 Å². The van der Waals surface area contributed by atoms with Crippen LogP contribution in [-0.2, 0) is 11.8 Å². The zero-order valence-electron chi connectivity index (χ0n) is 12.7. The molecule has 2 N–H and O–H groups in total. The number of hydrogen-bond acceptors (Lipinski definition) is 5. The summed E-state index contributed by atoms with van der Waals surface area (Å²) in [5.74, 6) is -0.310. The highest BCUT2D eigenvalue weighted by Crippen LogP contribution is 2.13. The van der Waals surface area contributed by atoms with Gasteiger partial charge >= 0.3 is 0 Å². The molecule has 0 aliphatic heterocycles. The van der Waals surface area contributed by atoms with Gasteiger partial charge in [0.15, 0.2) is 5.13 Å². The summed E-state index contributed by atoms with van der Waals surface area (Å²) in [6.45, 7) is 4.00. The average Bonchev–Trinajstić information content (AvgIpc) is 3.08. The molecule has 0 spiro atoms. The SMILES string of the molecule is CC(C)C[C@@H](NC(=O)c1cnn(C)c1)C(=O)Nc1nccs1. The summed E-state index contributed by atoms with van der Waals surface area (Å²) in [6.07, 6.45) is 5.25. The summed E-state index contributed by atoms with van der Waals surface area (Å²) >= 11 is 1.34. The van der Waals surface area contributed by atoms with Gasteiger partial charge in [-0.3, -0.25) is 14.3 Å². The monoisotopic (exact) mass is 321 g/mol. The Morgan fingerprint density at radius 1 is 1.41 bits per heavy atom. The van der Waals surface area contributed by atoms with Crippen LogP contribution in [0.25, 0.3) is 0 Å². The third-order valence-corrected chi connectivity index (χ3v) is 3.65. The summed E-state index contributed by atoms with van der Waals surface area (Å²) < 4.78 is 1.54. The van der Waals surface area contributed by atoms with Gasteiger partial charge in [-0.05, 0) is 12.3 Å². The maximum atomic E-state index is 12.3. The van der Waals surface area contributed by atoms with E-state index in [-0.39, 0.29) is 17.7 Å². The second kappa shape index (κ2) is 7.17. The minimum Gasteiger partial charge on any atom is -0.340 e. The second-order valence-electron chi connectivity index (χ2n) is 5.38. The first kappa shape index (κ1) is 16.2. The number of hydrogen-bond donors (Lipinski definition) is 2. The summed E-state index contributed by atoms with van der Waals surface area (Å²) in [5, 5.41) is 11.7. The first-order chi connectivity index (χ1) is 10.5. The molecule has 2 amide bonds. The Bertz CT molecular complexity index is 635. The van der Waals surface area contributed by atoms with Crippen LogP contribution in [0.4, 0.5) is 5.13 Å². The highest BCUT2D eigenvalue weighted by molar-refractivity contribution is 7.13. The van der Waals surface area contributed by atoms with Crippen LogP contribution in [-0.4, -0.2) is 32.6 Å². The first-order valence-electron chi connectivity index (χ1n) is 6.95. The minimum absolute atomic E-state index is 0.263. The summed E-state index contributed by atoms with van der Waals surface area (Å²) in [7, 11) is 1.73. The third kappa shape index (κ3) is 4.39. The first-order valence-corrected chi connectivity index (χ1v) is 7.83. The standard InChI is InChI=1S/C14H19N5O2S/c1-9(2)6-11(13(21)18-14-15-4-5-22-14)17-12(20)10-7-16-19(3)8-10/h4-5,7-9,11H,6H2,1-3H3,(H,17,20)(H,15,18,21)/t11-/m1/s1. The van der Waals surface area contributed by atoms with E-state index in [1.54, 1.807) is 29.5 Å². The number of nitrogens with zero attached hydrogens (tertiary/aromatic N) is 3. The van der Waals surface area contributed by atoms with E-state index in [2.05, 4.69) is 20.7 Å². The van der Waals surface area contributed by atoms with E-state index in [0.29, 0.717) is 17.1 Å². The lowest BCUT2D eigenvalue weighted by molar-refractivity contribution is -0.118. The van der Waals surface area contributed by atoms with Gasteiger partial charge in [-0.25, -0.2) is 4.98 Å². The fourth-order valence-electron chi connectivity index (χ4n) is 1.96. The topological polar surface area (TPSA) is 88.9 Å². The Labute approximate surface area is 132 Å². The van der Waals surface area contributed by atoms with Crippen molar-refractivity contribution < 1.29 is 9.59 Å². The van der Waals surface area contributed by atoms with E-state index >= 15 is 0 Å². The van der Waals surface area contributed by atoms with E-state index in [4.69, 9.17) is 0 Å². The minimum atomic E-state index is -0.614.